The van der Waals surface area contributed by atoms with Crippen LogP contribution in [0.5, 0.6) is 0 Å². The average Bonchev–Trinajstić information content (AvgIpc) is 2.90. The average molecular weight is 228 g/mol. The van der Waals surface area contributed by atoms with Gasteiger partial charge in [-0.25, -0.2) is 0 Å². The first kappa shape index (κ1) is 11.7. The number of furan rings is 1. The van der Waals surface area contributed by atoms with E-state index in [9.17, 15) is 0 Å². The van der Waals surface area contributed by atoms with Crippen LogP contribution in [-0.4, -0.2) is 13.7 Å². The fourth-order valence-corrected chi connectivity index (χ4v) is 1.67. The van der Waals surface area contributed by atoms with Crippen molar-refractivity contribution < 1.29 is 9.15 Å². The molecule has 2 nitrogen and oxygen atoms in total. The Morgan fingerprint density at radius 2 is 2.00 bits per heavy atom. The van der Waals surface area contributed by atoms with Gasteiger partial charge in [-0.3, -0.25) is 0 Å². The van der Waals surface area contributed by atoms with Crippen molar-refractivity contribution in [1.82, 2.24) is 0 Å². The zero-order valence-corrected chi connectivity index (χ0v) is 10.1. The Morgan fingerprint density at radius 3 is 2.59 bits per heavy atom. The molecule has 1 heterocycles. The van der Waals surface area contributed by atoms with Gasteiger partial charge in [0.05, 0.1) is 12.9 Å². The van der Waals surface area contributed by atoms with Crippen molar-refractivity contribution in [3.05, 3.63) is 54.3 Å². The van der Waals surface area contributed by atoms with Crippen LogP contribution in [0, 0.1) is 0 Å². The lowest BCUT2D eigenvalue weighted by Crippen LogP contribution is -1.85. The molecule has 0 aliphatic heterocycles. The third-order valence-electron chi connectivity index (χ3n) is 2.70. The molecule has 17 heavy (non-hydrogen) atoms. The summed E-state index contributed by atoms with van der Waals surface area (Å²) in [5.41, 5.74) is 3.52. The van der Waals surface area contributed by atoms with Crippen LogP contribution in [0.2, 0.25) is 0 Å². The van der Waals surface area contributed by atoms with Gasteiger partial charge < -0.3 is 9.15 Å². The van der Waals surface area contributed by atoms with Crippen LogP contribution in [0.3, 0.4) is 0 Å². The first-order valence-electron chi connectivity index (χ1n) is 5.61. The van der Waals surface area contributed by atoms with E-state index in [1.165, 1.54) is 11.1 Å². The molecule has 1 aromatic carbocycles. The van der Waals surface area contributed by atoms with Crippen molar-refractivity contribution in [2.75, 3.05) is 13.7 Å². The SMILES string of the molecule is COC/C=C(\C)c1ccc(-c2ccco2)cc1. The van der Waals surface area contributed by atoms with Crippen LogP contribution in [0.25, 0.3) is 16.9 Å². The molecule has 0 saturated carbocycles. The van der Waals surface area contributed by atoms with Crippen LogP contribution in [-0.2, 0) is 4.74 Å². The van der Waals surface area contributed by atoms with Crippen LogP contribution in [0.4, 0.5) is 0 Å². The summed E-state index contributed by atoms with van der Waals surface area (Å²) in [6, 6.07) is 12.2. The van der Waals surface area contributed by atoms with Crippen molar-refractivity contribution in [3.63, 3.8) is 0 Å². The summed E-state index contributed by atoms with van der Waals surface area (Å²) in [7, 11) is 1.70. The fraction of sp³-hybridized carbons (Fsp3) is 0.200. The smallest absolute Gasteiger partial charge is 0.133 e. The summed E-state index contributed by atoms with van der Waals surface area (Å²) < 4.78 is 10.4. The van der Waals surface area contributed by atoms with E-state index in [1.807, 2.05) is 12.1 Å². The maximum Gasteiger partial charge on any atom is 0.133 e. The van der Waals surface area contributed by atoms with Crippen molar-refractivity contribution in [3.8, 4) is 11.3 Å². The predicted molar refractivity (Wildman–Crippen MR) is 69.7 cm³/mol. The molecule has 2 rings (SSSR count). The van der Waals surface area contributed by atoms with Gasteiger partial charge in [0.25, 0.3) is 0 Å². The normalized spacial score (nSPS) is 11.8. The van der Waals surface area contributed by atoms with Gasteiger partial charge in [-0.05, 0) is 30.2 Å². The van der Waals surface area contributed by atoms with E-state index in [2.05, 4.69) is 37.3 Å². The largest absolute Gasteiger partial charge is 0.464 e. The molecule has 0 N–H and O–H groups in total. The van der Waals surface area contributed by atoms with Gasteiger partial charge in [0.15, 0.2) is 0 Å². The molecule has 0 atom stereocenters. The number of hydrogen-bond acceptors (Lipinski definition) is 2. The first-order valence-corrected chi connectivity index (χ1v) is 5.61. The van der Waals surface area contributed by atoms with Gasteiger partial charge >= 0.3 is 0 Å². The molecule has 2 heteroatoms. The molecule has 0 fully saturated rings. The summed E-state index contributed by atoms with van der Waals surface area (Å²) in [6.45, 7) is 2.73. The Hall–Kier alpha value is -1.80. The minimum absolute atomic E-state index is 0.645. The predicted octanol–water partition coefficient (Wildman–Crippen LogP) is 4.00. The zero-order chi connectivity index (χ0) is 12.1. The van der Waals surface area contributed by atoms with E-state index in [-0.39, 0.29) is 0 Å². The Balaban J connectivity index is 2.19. The van der Waals surface area contributed by atoms with Gasteiger partial charge in [-0.1, -0.05) is 30.3 Å². The zero-order valence-electron chi connectivity index (χ0n) is 10.1. The lowest BCUT2D eigenvalue weighted by atomic mass is 10.0. The minimum Gasteiger partial charge on any atom is -0.464 e. The molecular formula is C15H16O2. The Kier molecular flexibility index (Phi) is 3.78. The maximum atomic E-state index is 5.35. The monoisotopic (exact) mass is 228 g/mol. The summed E-state index contributed by atoms with van der Waals surface area (Å²) >= 11 is 0. The molecule has 2 aromatic rings. The quantitative estimate of drug-likeness (QED) is 0.789. The maximum absolute atomic E-state index is 5.35. The van der Waals surface area contributed by atoms with Crippen molar-refractivity contribution >= 4 is 5.57 Å². The van der Waals surface area contributed by atoms with Crippen molar-refractivity contribution in [2.24, 2.45) is 0 Å². The Labute approximate surface area is 102 Å². The second kappa shape index (κ2) is 5.51. The molecule has 0 radical (unpaired) electrons. The van der Waals surface area contributed by atoms with Crippen LogP contribution in [0.15, 0.2) is 53.2 Å². The number of hydrogen-bond donors (Lipinski definition) is 0. The number of ether oxygens (including phenoxy) is 1. The molecule has 0 bridgehead atoms. The highest BCUT2D eigenvalue weighted by Gasteiger charge is 2.01. The first-order chi connectivity index (χ1) is 8.31. The number of benzene rings is 1. The molecule has 0 spiro atoms. The third kappa shape index (κ3) is 2.86. The molecule has 0 amide bonds. The van der Waals surface area contributed by atoms with E-state index < -0.39 is 0 Å². The highest BCUT2D eigenvalue weighted by molar-refractivity contribution is 5.67. The molecule has 88 valence electrons. The van der Waals surface area contributed by atoms with E-state index in [0.29, 0.717) is 6.61 Å². The highest BCUT2D eigenvalue weighted by atomic mass is 16.5. The van der Waals surface area contributed by atoms with Crippen LogP contribution in [0.1, 0.15) is 12.5 Å². The topological polar surface area (TPSA) is 22.4 Å². The Bertz CT molecular complexity index is 478. The molecule has 0 unspecified atom stereocenters. The molecule has 0 aliphatic carbocycles. The molecular weight excluding hydrogens is 212 g/mol. The van der Waals surface area contributed by atoms with Gasteiger partial charge in [-0.15, -0.1) is 0 Å². The second-order valence-electron chi connectivity index (χ2n) is 3.90. The van der Waals surface area contributed by atoms with Gasteiger partial charge in [0, 0.05) is 12.7 Å². The summed E-state index contributed by atoms with van der Waals surface area (Å²) in [4.78, 5) is 0. The summed E-state index contributed by atoms with van der Waals surface area (Å²) in [6.07, 6.45) is 3.76. The summed E-state index contributed by atoms with van der Waals surface area (Å²) in [5, 5.41) is 0. The number of rotatable bonds is 4. The molecule has 1 aromatic heterocycles. The van der Waals surface area contributed by atoms with E-state index in [1.54, 1.807) is 13.4 Å². The lowest BCUT2D eigenvalue weighted by molar-refractivity contribution is 0.234. The summed E-state index contributed by atoms with van der Waals surface area (Å²) in [5.74, 6) is 0.898. The van der Waals surface area contributed by atoms with Gasteiger partial charge in [0.1, 0.15) is 5.76 Å². The lowest BCUT2D eigenvalue weighted by Gasteiger charge is -2.03. The minimum atomic E-state index is 0.645. The van der Waals surface area contributed by atoms with Crippen LogP contribution >= 0.6 is 0 Å². The molecule has 0 aliphatic rings. The third-order valence-corrected chi connectivity index (χ3v) is 2.70. The second-order valence-corrected chi connectivity index (χ2v) is 3.90. The van der Waals surface area contributed by atoms with Crippen molar-refractivity contribution in [1.29, 1.82) is 0 Å². The van der Waals surface area contributed by atoms with Crippen molar-refractivity contribution in [2.45, 2.75) is 6.92 Å². The van der Waals surface area contributed by atoms with E-state index in [4.69, 9.17) is 9.15 Å². The van der Waals surface area contributed by atoms with E-state index in [0.717, 1.165) is 11.3 Å². The van der Waals surface area contributed by atoms with Gasteiger partial charge in [0.2, 0.25) is 0 Å². The fourth-order valence-electron chi connectivity index (χ4n) is 1.67. The highest BCUT2D eigenvalue weighted by Crippen LogP contribution is 2.22. The van der Waals surface area contributed by atoms with Crippen LogP contribution < -0.4 is 0 Å². The number of allylic oxidation sites excluding steroid dienone is 1. The van der Waals surface area contributed by atoms with E-state index >= 15 is 0 Å². The Morgan fingerprint density at radius 1 is 1.24 bits per heavy atom. The number of methoxy groups -OCH3 is 1. The van der Waals surface area contributed by atoms with Gasteiger partial charge in [-0.2, -0.15) is 0 Å². The molecule has 0 saturated heterocycles. The standard InChI is InChI=1S/C15H16O2/c1-12(9-11-16-2)13-5-7-14(8-6-13)15-4-3-10-17-15/h3-10H,11H2,1-2H3/b12-9+.